The van der Waals surface area contributed by atoms with Gasteiger partial charge in [0.2, 0.25) is 10.0 Å². The molecule has 0 amide bonds. The quantitative estimate of drug-likeness (QED) is 0.342. The summed E-state index contributed by atoms with van der Waals surface area (Å²) in [6.07, 6.45) is 1.78. The molecule has 0 radical (unpaired) electrons. The molecule has 0 spiro atoms. The summed E-state index contributed by atoms with van der Waals surface area (Å²) < 4.78 is 82.0. The van der Waals surface area contributed by atoms with E-state index in [0.29, 0.717) is 48.6 Å². The van der Waals surface area contributed by atoms with Gasteiger partial charge in [-0.05, 0) is 37.1 Å². The van der Waals surface area contributed by atoms with Gasteiger partial charge in [0.15, 0.2) is 16.8 Å². The van der Waals surface area contributed by atoms with Crippen LogP contribution in [0.25, 0.3) is 11.0 Å². The molecule has 2 aliphatic heterocycles. The Balaban J connectivity index is 1.49. The number of sulfonamides is 1. The Morgan fingerprint density at radius 3 is 2.63 bits per heavy atom. The number of halogens is 3. The minimum absolute atomic E-state index is 0.0353. The minimum atomic E-state index is -3.71. The molecule has 2 fully saturated rings. The van der Waals surface area contributed by atoms with E-state index in [1.165, 1.54) is 10.4 Å². The summed E-state index contributed by atoms with van der Waals surface area (Å²) in [6.45, 7) is 2.39. The van der Waals surface area contributed by atoms with Crippen LogP contribution in [-0.4, -0.2) is 61.3 Å². The molecule has 2 aromatic carbocycles. The number of hydrogen-bond acceptors (Lipinski definition) is 6. The second kappa shape index (κ2) is 10.1. The molecule has 3 aromatic rings. The number of thioether (sulfide) groups is 1. The molecule has 0 aliphatic carbocycles. The smallest absolute Gasteiger partial charge is 0.243 e. The summed E-state index contributed by atoms with van der Waals surface area (Å²) in [5.41, 5.74) is 1.05. The largest absolute Gasteiger partial charge is 0.379 e. The third kappa shape index (κ3) is 5.08. The van der Waals surface area contributed by atoms with Gasteiger partial charge in [-0.1, -0.05) is 11.8 Å². The number of rotatable bonds is 7. The highest BCUT2D eigenvalue weighted by Gasteiger charge is 2.28. The number of imidazole rings is 1. The molecule has 35 heavy (non-hydrogen) atoms. The van der Waals surface area contributed by atoms with Gasteiger partial charge in [-0.25, -0.2) is 26.6 Å². The van der Waals surface area contributed by atoms with E-state index >= 15 is 0 Å². The van der Waals surface area contributed by atoms with E-state index in [-0.39, 0.29) is 35.4 Å². The first-order valence-electron chi connectivity index (χ1n) is 11.3. The van der Waals surface area contributed by atoms with Crippen molar-refractivity contribution in [2.75, 3.05) is 32.9 Å². The van der Waals surface area contributed by atoms with E-state index in [2.05, 4.69) is 4.98 Å². The number of hydrogen-bond donors (Lipinski definition) is 0. The fraction of sp³-hybridized carbons (Fsp3) is 0.435. The number of benzene rings is 2. The molecule has 188 valence electrons. The minimum Gasteiger partial charge on any atom is -0.379 e. The van der Waals surface area contributed by atoms with Crippen LogP contribution >= 0.6 is 11.8 Å². The third-order valence-corrected chi connectivity index (χ3v) is 9.05. The molecule has 1 aromatic heterocycles. The predicted molar refractivity (Wildman–Crippen MR) is 124 cm³/mol. The first-order valence-corrected chi connectivity index (χ1v) is 13.7. The van der Waals surface area contributed by atoms with Gasteiger partial charge < -0.3 is 14.0 Å². The van der Waals surface area contributed by atoms with Crippen LogP contribution in [0.1, 0.15) is 18.4 Å². The Labute approximate surface area is 205 Å². The number of nitrogens with zero attached hydrogens (tertiary/aromatic N) is 3. The molecular formula is C23H24F3N3O4S2. The molecule has 3 heterocycles. The summed E-state index contributed by atoms with van der Waals surface area (Å²) in [6, 6.07) is 6.25. The van der Waals surface area contributed by atoms with E-state index in [0.717, 1.165) is 30.7 Å². The Kier molecular flexibility index (Phi) is 7.09. The topological polar surface area (TPSA) is 73.7 Å². The average molecular weight is 528 g/mol. The van der Waals surface area contributed by atoms with Gasteiger partial charge in [-0.15, -0.1) is 0 Å². The van der Waals surface area contributed by atoms with Gasteiger partial charge in [0.1, 0.15) is 5.82 Å². The highest BCUT2D eigenvalue weighted by Crippen LogP contribution is 2.31. The van der Waals surface area contributed by atoms with Crippen molar-refractivity contribution in [1.82, 2.24) is 13.9 Å². The van der Waals surface area contributed by atoms with Crippen LogP contribution in [-0.2, 0) is 31.8 Å². The van der Waals surface area contributed by atoms with Crippen LogP contribution in [0.15, 0.2) is 40.4 Å². The van der Waals surface area contributed by atoms with Crippen molar-refractivity contribution in [3.05, 3.63) is 53.3 Å². The van der Waals surface area contributed by atoms with Gasteiger partial charge in [0, 0.05) is 37.1 Å². The van der Waals surface area contributed by atoms with Crippen LogP contribution in [0.4, 0.5) is 13.2 Å². The lowest BCUT2D eigenvalue weighted by molar-refractivity contribution is 0.0730. The first-order chi connectivity index (χ1) is 16.8. The zero-order valence-corrected chi connectivity index (χ0v) is 20.4. The molecule has 0 unspecified atom stereocenters. The van der Waals surface area contributed by atoms with E-state index in [1.807, 2.05) is 4.57 Å². The van der Waals surface area contributed by atoms with Crippen molar-refractivity contribution in [3.63, 3.8) is 0 Å². The predicted octanol–water partition coefficient (Wildman–Crippen LogP) is 3.95. The Morgan fingerprint density at radius 2 is 1.89 bits per heavy atom. The molecule has 0 bridgehead atoms. The number of morpholine rings is 1. The standard InChI is InChI=1S/C23H24F3N3O4S2/c24-16-10-15(22(26)19(25)11-16)14-34-23-27-20-12-18(35(30,31)28-5-8-32-9-6-28)3-4-21(20)29(23)13-17-2-1-7-33-17/h3-4,10-12,17H,1-2,5-9,13-14H2/t17-/m0/s1. The van der Waals surface area contributed by atoms with Gasteiger partial charge in [-0.2, -0.15) is 4.31 Å². The van der Waals surface area contributed by atoms with Crippen molar-refractivity contribution in [2.24, 2.45) is 0 Å². The maximum atomic E-state index is 14.2. The molecule has 1 atom stereocenters. The van der Waals surface area contributed by atoms with E-state index in [1.54, 1.807) is 12.1 Å². The van der Waals surface area contributed by atoms with Crippen molar-refractivity contribution < 1.29 is 31.1 Å². The lowest BCUT2D eigenvalue weighted by Gasteiger charge is -2.26. The molecule has 0 saturated carbocycles. The van der Waals surface area contributed by atoms with Gasteiger partial charge in [0.05, 0.1) is 41.8 Å². The van der Waals surface area contributed by atoms with Crippen LogP contribution in [0.2, 0.25) is 0 Å². The molecule has 7 nitrogen and oxygen atoms in total. The summed E-state index contributed by atoms with van der Waals surface area (Å²) in [5.74, 6) is -3.25. The zero-order chi connectivity index (χ0) is 24.6. The van der Waals surface area contributed by atoms with E-state index < -0.39 is 27.5 Å². The summed E-state index contributed by atoms with van der Waals surface area (Å²) in [4.78, 5) is 4.74. The van der Waals surface area contributed by atoms with E-state index in [9.17, 15) is 21.6 Å². The number of ether oxygens (including phenoxy) is 2. The number of fused-ring (bicyclic) bond motifs is 1. The van der Waals surface area contributed by atoms with Gasteiger partial charge in [-0.3, -0.25) is 0 Å². The van der Waals surface area contributed by atoms with Crippen molar-refractivity contribution in [2.45, 2.75) is 41.3 Å². The highest BCUT2D eigenvalue weighted by molar-refractivity contribution is 7.98. The average Bonchev–Trinajstić information content (AvgIpc) is 3.49. The lowest BCUT2D eigenvalue weighted by atomic mass is 10.2. The third-order valence-electron chi connectivity index (χ3n) is 6.13. The Hall–Kier alpha value is -2.12. The summed E-state index contributed by atoms with van der Waals surface area (Å²) >= 11 is 1.13. The SMILES string of the molecule is O=S(=O)(c1ccc2c(c1)nc(SCc1cc(F)cc(F)c1F)n2C[C@@H]1CCCO1)N1CCOCC1. The summed E-state index contributed by atoms with van der Waals surface area (Å²) in [5, 5.41) is 0.487. The fourth-order valence-electron chi connectivity index (χ4n) is 4.32. The maximum absolute atomic E-state index is 14.2. The molecule has 5 rings (SSSR count). The monoisotopic (exact) mass is 527 g/mol. The van der Waals surface area contributed by atoms with Gasteiger partial charge in [0.25, 0.3) is 0 Å². The normalized spacial score (nSPS) is 19.6. The second-order valence-electron chi connectivity index (χ2n) is 8.46. The summed E-state index contributed by atoms with van der Waals surface area (Å²) in [7, 11) is -3.71. The first kappa shape index (κ1) is 24.6. The maximum Gasteiger partial charge on any atom is 0.243 e. The fourth-order valence-corrected chi connectivity index (χ4v) is 6.73. The van der Waals surface area contributed by atoms with Gasteiger partial charge >= 0.3 is 0 Å². The molecule has 2 aliphatic rings. The van der Waals surface area contributed by atoms with Crippen molar-refractivity contribution in [1.29, 1.82) is 0 Å². The second-order valence-corrected chi connectivity index (χ2v) is 11.3. The zero-order valence-electron chi connectivity index (χ0n) is 18.8. The van der Waals surface area contributed by atoms with Crippen molar-refractivity contribution in [3.8, 4) is 0 Å². The molecule has 12 heteroatoms. The van der Waals surface area contributed by atoms with Crippen LogP contribution in [0.5, 0.6) is 0 Å². The molecular weight excluding hydrogens is 503 g/mol. The lowest BCUT2D eigenvalue weighted by Crippen LogP contribution is -2.40. The Bertz CT molecular complexity index is 1340. The van der Waals surface area contributed by atoms with E-state index in [4.69, 9.17) is 9.47 Å². The number of aromatic nitrogens is 2. The molecule has 2 saturated heterocycles. The van der Waals surface area contributed by atoms with Crippen molar-refractivity contribution >= 4 is 32.8 Å². The Morgan fingerprint density at radius 1 is 1.09 bits per heavy atom. The molecule has 0 N–H and O–H groups in total. The highest BCUT2D eigenvalue weighted by atomic mass is 32.2. The van der Waals surface area contributed by atoms with Crippen LogP contribution < -0.4 is 0 Å². The van der Waals surface area contributed by atoms with Crippen LogP contribution in [0, 0.1) is 17.5 Å². The van der Waals surface area contributed by atoms with Crippen LogP contribution in [0.3, 0.4) is 0 Å².